The number of para-hydroxylation sites is 1. The Kier molecular flexibility index (Phi) is 5.22. The zero-order valence-electron chi connectivity index (χ0n) is 13.6. The zero-order valence-corrected chi connectivity index (χ0v) is 13.6. The molecule has 21 heavy (non-hydrogen) atoms. The maximum atomic E-state index is 11.3. The summed E-state index contributed by atoms with van der Waals surface area (Å²) >= 11 is 0. The highest BCUT2D eigenvalue weighted by Crippen LogP contribution is 2.34. The fraction of sp³-hybridized carbons (Fsp3) is 0.526. The summed E-state index contributed by atoms with van der Waals surface area (Å²) in [4.78, 5) is 11.3. The van der Waals surface area contributed by atoms with Crippen LogP contribution in [0.4, 0.5) is 5.69 Å². The summed E-state index contributed by atoms with van der Waals surface area (Å²) in [5.41, 5.74) is 3.94. The fourth-order valence-corrected chi connectivity index (χ4v) is 3.07. The molecule has 1 aliphatic carbocycles. The van der Waals surface area contributed by atoms with Crippen molar-refractivity contribution in [1.29, 1.82) is 0 Å². The smallest absolute Gasteiger partial charge is 0.128 e. The van der Waals surface area contributed by atoms with E-state index in [0.717, 1.165) is 19.1 Å². The zero-order chi connectivity index (χ0) is 15.4. The second-order valence-electron chi connectivity index (χ2n) is 6.59. The highest BCUT2D eigenvalue weighted by atomic mass is 16.1. The van der Waals surface area contributed by atoms with Crippen molar-refractivity contribution in [3.05, 3.63) is 41.5 Å². The molecule has 114 valence electrons. The number of rotatable bonds is 5. The number of carbonyl (C=O) groups is 1. The van der Waals surface area contributed by atoms with Gasteiger partial charge in [0.15, 0.2) is 0 Å². The van der Waals surface area contributed by atoms with Crippen molar-refractivity contribution in [2.24, 2.45) is 5.92 Å². The van der Waals surface area contributed by atoms with Gasteiger partial charge < -0.3 is 10.1 Å². The number of aldehydes is 1. The van der Waals surface area contributed by atoms with Crippen LogP contribution in [0.1, 0.15) is 63.5 Å². The molecule has 1 aromatic carbocycles. The average Bonchev–Trinajstić information content (AvgIpc) is 2.47. The third kappa shape index (κ3) is 3.55. The molecule has 0 heterocycles. The summed E-state index contributed by atoms with van der Waals surface area (Å²) in [5.74, 6) is 0.930. The van der Waals surface area contributed by atoms with Crippen LogP contribution in [0.3, 0.4) is 0 Å². The summed E-state index contributed by atoms with van der Waals surface area (Å²) < 4.78 is 0. The first-order valence-electron chi connectivity index (χ1n) is 8.05. The first-order valence-corrected chi connectivity index (χ1v) is 8.05. The molecule has 2 nitrogen and oxygen atoms in total. The van der Waals surface area contributed by atoms with E-state index in [9.17, 15) is 4.79 Å². The van der Waals surface area contributed by atoms with Crippen LogP contribution in [-0.2, 0) is 4.79 Å². The molecule has 2 atom stereocenters. The Balaban J connectivity index is 2.37. The molecule has 0 aliphatic heterocycles. The van der Waals surface area contributed by atoms with Gasteiger partial charge in [-0.05, 0) is 35.8 Å². The van der Waals surface area contributed by atoms with E-state index < -0.39 is 0 Å². The third-order valence-electron chi connectivity index (χ3n) is 4.33. The first kappa shape index (κ1) is 15.8. The van der Waals surface area contributed by atoms with Gasteiger partial charge in [0.05, 0.1) is 5.92 Å². The summed E-state index contributed by atoms with van der Waals surface area (Å²) in [6, 6.07) is 6.76. The topological polar surface area (TPSA) is 29.1 Å². The van der Waals surface area contributed by atoms with Gasteiger partial charge in [-0.1, -0.05) is 58.0 Å². The fourth-order valence-electron chi connectivity index (χ4n) is 3.07. The standard InChI is InChI=1S/C19H27NO/c1-13(2)16-9-7-10-17(14(3)4)19(16)20-18-11-6-5-8-15(18)12-21/h5,7-10,12-15,18,20H,6,11H2,1-4H3. The van der Waals surface area contributed by atoms with E-state index in [0.29, 0.717) is 11.8 Å². The molecule has 0 fully saturated rings. The van der Waals surface area contributed by atoms with Crippen LogP contribution in [0.15, 0.2) is 30.4 Å². The van der Waals surface area contributed by atoms with E-state index in [4.69, 9.17) is 0 Å². The molecule has 2 rings (SSSR count). The molecule has 2 unspecified atom stereocenters. The molecule has 0 bridgehead atoms. The van der Waals surface area contributed by atoms with Gasteiger partial charge >= 0.3 is 0 Å². The highest BCUT2D eigenvalue weighted by molar-refractivity contribution is 5.64. The van der Waals surface area contributed by atoms with E-state index in [-0.39, 0.29) is 12.0 Å². The predicted octanol–water partition coefficient (Wildman–Crippen LogP) is 4.88. The molecule has 0 radical (unpaired) electrons. The maximum Gasteiger partial charge on any atom is 0.128 e. The molecule has 0 amide bonds. The van der Waals surface area contributed by atoms with Crippen LogP contribution in [-0.4, -0.2) is 12.3 Å². The minimum Gasteiger partial charge on any atom is -0.381 e. The van der Waals surface area contributed by atoms with Gasteiger partial charge in [0.2, 0.25) is 0 Å². The molecule has 0 saturated carbocycles. The van der Waals surface area contributed by atoms with Crippen molar-refractivity contribution in [2.45, 2.75) is 58.4 Å². The lowest BCUT2D eigenvalue weighted by molar-refractivity contribution is -0.110. The van der Waals surface area contributed by atoms with Gasteiger partial charge in [0, 0.05) is 11.7 Å². The average molecular weight is 285 g/mol. The normalized spacial score (nSPS) is 21.8. The lowest BCUT2D eigenvalue weighted by Crippen LogP contribution is -2.31. The van der Waals surface area contributed by atoms with Crippen LogP contribution in [0.25, 0.3) is 0 Å². The van der Waals surface area contributed by atoms with Crippen molar-refractivity contribution in [3.63, 3.8) is 0 Å². The SMILES string of the molecule is CC(C)c1cccc(C(C)C)c1NC1CCC=CC1C=O. The quantitative estimate of drug-likeness (QED) is 0.617. The number of hydrogen-bond donors (Lipinski definition) is 1. The largest absolute Gasteiger partial charge is 0.381 e. The summed E-state index contributed by atoms with van der Waals surface area (Å²) in [5, 5.41) is 3.70. The van der Waals surface area contributed by atoms with E-state index in [1.54, 1.807) is 0 Å². The van der Waals surface area contributed by atoms with Gasteiger partial charge in [0.25, 0.3) is 0 Å². The third-order valence-corrected chi connectivity index (χ3v) is 4.33. The molecule has 0 spiro atoms. The summed E-state index contributed by atoms with van der Waals surface area (Å²) in [6.07, 6.45) is 7.29. The lowest BCUT2D eigenvalue weighted by Gasteiger charge is -2.30. The molecule has 1 N–H and O–H groups in total. The van der Waals surface area contributed by atoms with E-state index in [1.165, 1.54) is 16.8 Å². The Morgan fingerprint density at radius 1 is 1.14 bits per heavy atom. The monoisotopic (exact) mass is 285 g/mol. The second kappa shape index (κ2) is 6.93. The van der Waals surface area contributed by atoms with Crippen LogP contribution < -0.4 is 5.32 Å². The van der Waals surface area contributed by atoms with Gasteiger partial charge in [-0.2, -0.15) is 0 Å². The highest BCUT2D eigenvalue weighted by Gasteiger charge is 2.23. The van der Waals surface area contributed by atoms with Gasteiger partial charge in [-0.15, -0.1) is 0 Å². The predicted molar refractivity (Wildman–Crippen MR) is 90.0 cm³/mol. The van der Waals surface area contributed by atoms with Crippen molar-refractivity contribution in [3.8, 4) is 0 Å². The first-order chi connectivity index (χ1) is 10.0. The Bertz CT molecular complexity index is 490. The number of carbonyl (C=O) groups excluding carboxylic acids is 1. The summed E-state index contributed by atoms with van der Waals surface area (Å²) in [6.45, 7) is 8.90. The van der Waals surface area contributed by atoms with E-state index in [1.807, 2.05) is 6.08 Å². The summed E-state index contributed by atoms with van der Waals surface area (Å²) in [7, 11) is 0. The van der Waals surface area contributed by atoms with E-state index >= 15 is 0 Å². The lowest BCUT2D eigenvalue weighted by atomic mass is 9.88. The second-order valence-corrected chi connectivity index (χ2v) is 6.59. The number of benzene rings is 1. The molecule has 0 aromatic heterocycles. The van der Waals surface area contributed by atoms with Crippen molar-refractivity contribution < 1.29 is 4.79 Å². The van der Waals surface area contributed by atoms with Crippen LogP contribution in [0.2, 0.25) is 0 Å². The minimum atomic E-state index is -0.0148. The molecule has 2 heteroatoms. The van der Waals surface area contributed by atoms with Crippen LogP contribution in [0.5, 0.6) is 0 Å². The van der Waals surface area contributed by atoms with Crippen molar-refractivity contribution >= 4 is 12.0 Å². The Hall–Kier alpha value is -1.57. The van der Waals surface area contributed by atoms with Crippen molar-refractivity contribution in [1.82, 2.24) is 0 Å². The molecule has 0 saturated heterocycles. The van der Waals surface area contributed by atoms with Gasteiger partial charge in [-0.25, -0.2) is 0 Å². The molecule has 1 aliphatic rings. The van der Waals surface area contributed by atoms with Crippen LogP contribution >= 0.6 is 0 Å². The molecule has 1 aromatic rings. The number of nitrogens with one attached hydrogen (secondary N) is 1. The van der Waals surface area contributed by atoms with Gasteiger partial charge in [0.1, 0.15) is 6.29 Å². The van der Waals surface area contributed by atoms with Crippen LogP contribution in [0, 0.1) is 5.92 Å². The maximum absolute atomic E-state index is 11.3. The number of anilines is 1. The Morgan fingerprint density at radius 2 is 1.76 bits per heavy atom. The number of allylic oxidation sites excluding steroid dienone is 1. The molecular weight excluding hydrogens is 258 g/mol. The van der Waals surface area contributed by atoms with E-state index in [2.05, 4.69) is 57.3 Å². The Morgan fingerprint density at radius 3 is 2.29 bits per heavy atom. The minimum absolute atomic E-state index is 0.0148. The molecular formula is C19H27NO. The number of hydrogen-bond acceptors (Lipinski definition) is 2. The van der Waals surface area contributed by atoms with Gasteiger partial charge in [-0.3, -0.25) is 0 Å². The Labute approximate surface area is 128 Å². The van der Waals surface area contributed by atoms with Crippen molar-refractivity contribution in [2.75, 3.05) is 5.32 Å².